The smallest absolute Gasteiger partial charge is 0.264 e. The molecule has 30 heavy (non-hydrogen) atoms. The molecule has 3 aromatic rings. The highest BCUT2D eigenvalue weighted by Gasteiger charge is 2.20. The molecule has 0 saturated heterocycles. The van der Waals surface area contributed by atoms with E-state index >= 15 is 0 Å². The van der Waals surface area contributed by atoms with E-state index in [0.29, 0.717) is 17.0 Å². The van der Waals surface area contributed by atoms with Crippen LogP contribution in [0.2, 0.25) is 0 Å². The zero-order chi connectivity index (χ0) is 22.1. The Labute approximate surface area is 174 Å². The summed E-state index contributed by atoms with van der Waals surface area (Å²) in [4.78, 5) is -0.136. The summed E-state index contributed by atoms with van der Waals surface area (Å²) in [7, 11) is -6.45. The lowest BCUT2D eigenvalue weighted by Gasteiger charge is -2.11. The normalized spacial score (nSPS) is 11.8. The minimum absolute atomic E-state index is 0.0226. The summed E-state index contributed by atoms with van der Waals surface area (Å²) in [6.07, 6.45) is 0. The first-order chi connectivity index (χ1) is 14.0. The molecule has 10 nitrogen and oxygen atoms in total. The minimum Gasteiger partial charge on any atom is -0.495 e. The number of aromatic nitrogens is 1. The number of nitrogens with zero attached hydrogens (tertiary/aromatic N) is 1. The molecule has 0 fully saturated rings. The summed E-state index contributed by atoms with van der Waals surface area (Å²) >= 11 is 0. The second-order valence-corrected chi connectivity index (χ2v) is 9.73. The van der Waals surface area contributed by atoms with Gasteiger partial charge in [-0.2, -0.15) is 0 Å². The number of benzene rings is 2. The van der Waals surface area contributed by atoms with Gasteiger partial charge in [-0.1, -0.05) is 5.16 Å². The van der Waals surface area contributed by atoms with Crippen LogP contribution < -0.4 is 19.9 Å². The lowest BCUT2D eigenvalue weighted by molar-refractivity contribution is 0.416. The summed E-state index contributed by atoms with van der Waals surface area (Å²) in [5, 5.41) is 3.70. The van der Waals surface area contributed by atoms with E-state index in [-0.39, 0.29) is 27.0 Å². The fraction of sp³-hybridized carbons (Fsp3) is 0.167. The molecule has 0 bridgehead atoms. The molecule has 0 aliphatic heterocycles. The molecule has 2 aromatic carbocycles. The van der Waals surface area contributed by atoms with Crippen LogP contribution in [-0.2, 0) is 20.0 Å². The van der Waals surface area contributed by atoms with Gasteiger partial charge in [-0.15, -0.1) is 0 Å². The van der Waals surface area contributed by atoms with Gasteiger partial charge in [-0.3, -0.25) is 4.72 Å². The van der Waals surface area contributed by atoms with E-state index in [9.17, 15) is 16.8 Å². The molecular formula is C18H20N4O6S2. The molecule has 0 unspecified atom stereocenters. The fourth-order valence-electron chi connectivity index (χ4n) is 2.49. The first-order valence-electron chi connectivity index (χ1n) is 8.55. The van der Waals surface area contributed by atoms with Crippen molar-refractivity contribution < 1.29 is 26.1 Å². The summed E-state index contributed by atoms with van der Waals surface area (Å²) in [6, 6.07) is 9.25. The number of hydrogen-bond donors (Lipinski definition) is 3. The first-order valence-corrected chi connectivity index (χ1v) is 11.5. The molecular weight excluding hydrogens is 432 g/mol. The Hall–Kier alpha value is -3.25. The number of anilines is 3. The minimum atomic E-state index is -3.94. The van der Waals surface area contributed by atoms with Crippen molar-refractivity contribution in [1.29, 1.82) is 0 Å². The number of nitrogens with two attached hydrogens (primary N) is 1. The number of methoxy groups -OCH3 is 1. The van der Waals surface area contributed by atoms with Crippen molar-refractivity contribution in [3.05, 3.63) is 53.7 Å². The summed E-state index contributed by atoms with van der Waals surface area (Å²) < 4.78 is 64.8. The van der Waals surface area contributed by atoms with Crippen LogP contribution >= 0.6 is 0 Å². The average molecular weight is 453 g/mol. The topological polar surface area (TPSA) is 154 Å². The van der Waals surface area contributed by atoms with Gasteiger partial charge in [0.05, 0.1) is 28.3 Å². The molecule has 0 spiro atoms. The first kappa shape index (κ1) is 21.5. The van der Waals surface area contributed by atoms with Crippen LogP contribution in [0.1, 0.15) is 11.3 Å². The summed E-state index contributed by atoms with van der Waals surface area (Å²) in [6.45, 7) is 3.36. The lowest BCUT2D eigenvalue weighted by Crippen LogP contribution is -2.15. The van der Waals surface area contributed by atoms with Crippen LogP contribution in [0.25, 0.3) is 0 Å². The second kappa shape index (κ2) is 7.88. The molecule has 0 saturated carbocycles. The van der Waals surface area contributed by atoms with Crippen molar-refractivity contribution >= 4 is 37.3 Å². The van der Waals surface area contributed by atoms with Gasteiger partial charge in [-0.05, 0) is 56.3 Å². The molecule has 160 valence electrons. The Morgan fingerprint density at radius 2 is 1.53 bits per heavy atom. The van der Waals surface area contributed by atoms with Crippen LogP contribution in [0, 0.1) is 13.8 Å². The Morgan fingerprint density at radius 3 is 2.07 bits per heavy atom. The summed E-state index contributed by atoms with van der Waals surface area (Å²) in [5.41, 5.74) is 7.25. The van der Waals surface area contributed by atoms with E-state index in [2.05, 4.69) is 14.6 Å². The van der Waals surface area contributed by atoms with E-state index in [1.54, 1.807) is 13.8 Å². The van der Waals surface area contributed by atoms with Crippen LogP contribution in [0.4, 0.5) is 17.3 Å². The van der Waals surface area contributed by atoms with E-state index in [4.69, 9.17) is 15.0 Å². The maximum absolute atomic E-state index is 12.6. The molecule has 1 aromatic heterocycles. The van der Waals surface area contributed by atoms with Gasteiger partial charge in [0.1, 0.15) is 5.75 Å². The molecule has 4 N–H and O–H groups in total. The van der Waals surface area contributed by atoms with Gasteiger partial charge in [0.2, 0.25) is 5.88 Å². The van der Waals surface area contributed by atoms with E-state index < -0.39 is 20.0 Å². The van der Waals surface area contributed by atoms with Crippen LogP contribution in [-0.4, -0.2) is 29.1 Å². The van der Waals surface area contributed by atoms with Crippen LogP contribution in [0.3, 0.4) is 0 Å². The highest BCUT2D eigenvalue weighted by molar-refractivity contribution is 7.93. The largest absolute Gasteiger partial charge is 0.495 e. The molecule has 0 amide bonds. The zero-order valence-corrected chi connectivity index (χ0v) is 18.0. The molecule has 0 atom stereocenters. The van der Waals surface area contributed by atoms with Crippen LogP contribution in [0.5, 0.6) is 5.75 Å². The predicted molar refractivity (Wildman–Crippen MR) is 111 cm³/mol. The SMILES string of the molecule is COc1ccc(S(=O)(=O)Nc2ccc(S(=O)(=O)Nc3onc(C)c3C)cc2)cc1N. The van der Waals surface area contributed by atoms with Crippen LogP contribution in [0.15, 0.2) is 56.8 Å². The maximum atomic E-state index is 12.6. The molecule has 0 radical (unpaired) electrons. The molecule has 1 heterocycles. The van der Waals surface area contributed by atoms with Crippen molar-refractivity contribution in [2.24, 2.45) is 0 Å². The second-order valence-electron chi connectivity index (χ2n) is 6.36. The fourth-order valence-corrected chi connectivity index (χ4v) is 4.63. The molecule has 3 rings (SSSR count). The Kier molecular flexibility index (Phi) is 5.63. The predicted octanol–water partition coefficient (Wildman–Crippen LogP) is 2.48. The van der Waals surface area contributed by atoms with Gasteiger partial charge in [0.15, 0.2) is 0 Å². The number of rotatable bonds is 7. The Balaban J connectivity index is 1.80. The molecule has 12 heteroatoms. The number of sulfonamides is 2. The van der Waals surface area contributed by atoms with Crippen molar-refractivity contribution in [2.75, 3.05) is 22.3 Å². The van der Waals surface area contributed by atoms with Gasteiger partial charge in [0, 0.05) is 11.3 Å². The maximum Gasteiger partial charge on any atom is 0.264 e. The standard InChI is InChI=1S/C18H20N4O6S2/c1-11-12(2)20-28-18(11)22-29(23,24)14-6-4-13(5-7-14)21-30(25,26)15-8-9-17(27-3)16(19)10-15/h4-10,21-22H,19H2,1-3H3. The number of ether oxygens (including phenoxy) is 1. The average Bonchev–Trinajstić information content (AvgIpc) is 2.99. The molecule has 0 aliphatic carbocycles. The highest BCUT2D eigenvalue weighted by Crippen LogP contribution is 2.26. The van der Waals surface area contributed by atoms with Gasteiger partial charge >= 0.3 is 0 Å². The van der Waals surface area contributed by atoms with Gasteiger partial charge in [0.25, 0.3) is 20.0 Å². The Morgan fingerprint density at radius 1 is 0.933 bits per heavy atom. The lowest BCUT2D eigenvalue weighted by atomic mass is 10.3. The highest BCUT2D eigenvalue weighted by atomic mass is 32.2. The number of aryl methyl sites for hydroxylation is 1. The third-order valence-electron chi connectivity index (χ3n) is 4.31. The molecule has 0 aliphatic rings. The number of nitrogen functional groups attached to an aromatic ring is 1. The van der Waals surface area contributed by atoms with Gasteiger partial charge in [-0.25, -0.2) is 21.6 Å². The van der Waals surface area contributed by atoms with Crippen molar-refractivity contribution in [1.82, 2.24) is 5.16 Å². The van der Waals surface area contributed by atoms with Crippen molar-refractivity contribution in [3.63, 3.8) is 0 Å². The summed E-state index contributed by atoms with van der Waals surface area (Å²) in [5.74, 6) is 0.377. The van der Waals surface area contributed by atoms with Crippen molar-refractivity contribution in [2.45, 2.75) is 23.6 Å². The Bertz CT molecular complexity index is 1280. The van der Waals surface area contributed by atoms with Gasteiger partial charge < -0.3 is 15.0 Å². The van der Waals surface area contributed by atoms with E-state index in [1.165, 1.54) is 49.6 Å². The quantitative estimate of drug-likeness (QED) is 0.462. The van der Waals surface area contributed by atoms with Crippen molar-refractivity contribution in [3.8, 4) is 5.75 Å². The third-order valence-corrected chi connectivity index (χ3v) is 7.04. The monoisotopic (exact) mass is 452 g/mol. The number of nitrogens with one attached hydrogen (secondary N) is 2. The zero-order valence-electron chi connectivity index (χ0n) is 16.3. The van der Waals surface area contributed by atoms with E-state index in [1.807, 2.05) is 0 Å². The van der Waals surface area contributed by atoms with E-state index in [0.717, 1.165) is 0 Å². The third kappa shape index (κ3) is 4.33. The number of hydrogen-bond acceptors (Lipinski definition) is 8.